The molecule has 1 aliphatic heterocycles. The van der Waals surface area contributed by atoms with Crippen LogP contribution in [0.5, 0.6) is 0 Å². The molecule has 1 aliphatic carbocycles. The molecule has 1 saturated carbocycles. The average molecular weight is 227 g/mol. The highest BCUT2D eigenvalue weighted by Crippen LogP contribution is 2.33. The Morgan fingerprint density at radius 1 is 1.25 bits per heavy atom. The van der Waals surface area contributed by atoms with Gasteiger partial charge in [-0.3, -0.25) is 0 Å². The molecule has 2 N–H and O–H groups in total. The Bertz CT molecular complexity index is 224. The van der Waals surface area contributed by atoms with Gasteiger partial charge in [0.25, 0.3) is 0 Å². The first kappa shape index (κ1) is 12.3. The largest absolute Gasteiger partial charge is 0.396 e. The zero-order valence-electron chi connectivity index (χ0n) is 10.4. The van der Waals surface area contributed by atoms with E-state index in [2.05, 4.69) is 11.8 Å². The van der Waals surface area contributed by atoms with Crippen molar-refractivity contribution in [3.63, 3.8) is 0 Å². The molecule has 3 nitrogen and oxygen atoms in total. The van der Waals surface area contributed by atoms with Crippen molar-refractivity contribution in [1.82, 2.24) is 4.90 Å². The summed E-state index contributed by atoms with van der Waals surface area (Å²) in [6.07, 6.45) is 5.31. The van der Waals surface area contributed by atoms with Crippen LogP contribution in [0.4, 0.5) is 0 Å². The second-order valence-corrected chi connectivity index (χ2v) is 5.98. The molecule has 0 bridgehead atoms. The maximum Gasteiger partial charge on any atom is 0.0774 e. The Labute approximate surface area is 98.5 Å². The van der Waals surface area contributed by atoms with Crippen LogP contribution in [0.3, 0.4) is 0 Å². The second-order valence-electron chi connectivity index (χ2n) is 5.98. The number of hydrogen-bond acceptors (Lipinski definition) is 3. The van der Waals surface area contributed by atoms with Crippen LogP contribution in [0.2, 0.25) is 0 Å². The lowest BCUT2D eigenvalue weighted by Gasteiger charge is -2.37. The molecule has 2 fully saturated rings. The van der Waals surface area contributed by atoms with Gasteiger partial charge in [-0.05, 0) is 50.5 Å². The van der Waals surface area contributed by atoms with Gasteiger partial charge in [0.1, 0.15) is 0 Å². The summed E-state index contributed by atoms with van der Waals surface area (Å²) in [6.45, 7) is 5.40. The molecule has 0 radical (unpaired) electrons. The molecule has 1 saturated heterocycles. The van der Waals surface area contributed by atoms with Crippen LogP contribution in [0.15, 0.2) is 0 Å². The minimum absolute atomic E-state index is 0.298. The molecule has 1 atom stereocenters. The predicted molar refractivity (Wildman–Crippen MR) is 64.2 cm³/mol. The van der Waals surface area contributed by atoms with E-state index in [9.17, 15) is 5.11 Å². The minimum Gasteiger partial charge on any atom is -0.396 e. The van der Waals surface area contributed by atoms with Gasteiger partial charge >= 0.3 is 0 Å². The lowest BCUT2D eigenvalue weighted by atomic mass is 9.79. The van der Waals surface area contributed by atoms with Crippen LogP contribution in [0.1, 0.15) is 39.0 Å². The molecule has 94 valence electrons. The van der Waals surface area contributed by atoms with Gasteiger partial charge < -0.3 is 15.1 Å². The monoisotopic (exact) mass is 227 g/mol. The van der Waals surface area contributed by atoms with Crippen LogP contribution in [-0.2, 0) is 0 Å². The van der Waals surface area contributed by atoms with E-state index in [0.29, 0.717) is 12.5 Å². The zero-order chi connectivity index (χ0) is 11.6. The fraction of sp³-hybridized carbons (Fsp3) is 1.00. The molecule has 2 rings (SSSR count). The van der Waals surface area contributed by atoms with Crippen molar-refractivity contribution in [3.05, 3.63) is 0 Å². The van der Waals surface area contributed by atoms with Crippen molar-refractivity contribution in [2.24, 2.45) is 11.8 Å². The highest BCUT2D eigenvalue weighted by Gasteiger charge is 2.35. The maximum atomic E-state index is 10.5. The van der Waals surface area contributed by atoms with Crippen LogP contribution in [0.25, 0.3) is 0 Å². The Balaban J connectivity index is 1.80. The smallest absolute Gasteiger partial charge is 0.0774 e. The highest BCUT2D eigenvalue weighted by atomic mass is 16.3. The number of β-amino-alcohol motifs (C(OH)–C–C–N with tert-alkyl or cyclic N) is 1. The zero-order valence-corrected chi connectivity index (χ0v) is 10.4. The van der Waals surface area contributed by atoms with Crippen LogP contribution in [-0.4, -0.2) is 47.0 Å². The number of hydrogen-bond donors (Lipinski definition) is 2. The van der Waals surface area contributed by atoms with E-state index in [0.717, 1.165) is 57.7 Å². The Morgan fingerprint density at radius 3 is 2.50 bits per heavy atom. The number of rotatable bonds is 3. The molecule has 16 heavy (non-hydrogen) atoms. The first-order valence-electron chi connectivity index (χ1n) is 6.67. The topological polar surface area (TPSA) is 43.7 Å². The minimum atomic E-state index is -0.448. The summed E-state index contributed by atoms with van der Waals surface area (Å²) in [4.78, 5) is 2.33. The number of likely N-dealkylation sites (tertiary alicyclic amines) is 1. The van der Waals surface area contributed by atoms with Gasteiger partial charge in [0.05, 0.1) is 5.60 Å². The van der Waals surface area contributed by atoms with Gasteiger partial charge in [-0.2, -0.15) is 0 Å². The third-order valence-electron chi connectivity index (χ3n) is 4.35. The summed E-state index contributed by atoms with van der Waals surface area (Å²) >= 11 is 0. The third kappa shape index (κ3) is 2.96. The summed E-state index contributed by atoms with van der Waals surface area (Å²) in [5.41, 5.74) is -0.448. The molecular formula is C13H25NO2. The van der Waals surface area contributed by atoms with E-state index >= 15 is 0 Å². The first-order valence-corrected chi connectivity index (χ1v) is 6.67. The molecule has 0 aromatic carbocycles. The lowest BCUT2D eigenvalue weighted by molar-refractivity contribution is -0.0316. The third-order valence-corrected chi connectivity index (χ3v) is 4.35. The van der Waals surface area contributed by atoms with E-state index in [1.807, 2.05) is 0 Å². The molecule has 0 amide bonds. The molecule has 0 spiro atoms. The van der Waals surface area contributed by atoms with Crippen LogP contribution >= 0.6 is 0 Å². The normalized spacial score (nSPS) is 41.4. The van der Waals surface area contributed by atoms with Crippen LogP contribution in [0, 0.1) is 11.8 Å². The van der Waals surface area contributed by atoms with E-state index in [1.165, 1.54) is 0 Å². The second kappa shape index (κ2) is 5.03. The van der Waals surface area contributed by atoms with Crippen molar-refractivity contribution in [2.75, 3.05) is 26.2 Å². The Hall–Kier alpha value is -0.120. The Morgan fingerprint density at radius 2 is 1.94 bits per heavy atom. The van der Waals surface area contributed by atoms with Gasteiger partial charge in [-0.1, -0.05) is 6.92 Å². The number of nitrogens with zero attached hydrogens (tertiary/aromatic N) is 1. The molecule has 2 aliphatic rings. The summed E-state index contributed by atoms with van der Waals surface area (Å²) in [5, 5.41) is 19.6. The lowest BCUT2D eigenvalue weighted by Crippen LogP contribution is -2.44. The van der Waals surface area contributed by atoms with Gasteiger partial charge in [-0.25, -0.2) is 0 Å². The van der Waals surface area contributed by atoms with Crippen LogP contribution < -0.4 is 0 Å². The molecular weight excluding hydrogens is 202 g/mol. The molecule has 1 unspecified atom stereocenters. The SMILES string of the molecule is CC1CCC(O)(CN2CCC(CO)C2)CC1. The molecule has 3 heteroatoms. The molecule has 0 aromatic heterocycles. The van der Waals surface area contributed by atoms with E-state index < -0.39 is 5.60 Å². The van der Waals surface area contributed by atoms with Crippen molar-refractivity contribution in [2.45, 2.75) is 44.6 Å². The molecule has 1 heterocycles. The van der Waals surface area contributed by atoms with Gasteiger partial charge in [0.15, 0.2) is 0 Å². The fourth-order valence-corrected chi connectivity index (χ4v) is 3.08. The summed E-state index contributed by atoms with van der Waals surface area (Å²) in [5.74, 6) is 1.22. The standard InChI is InChI=1S/C13H25NO2/c1-11-2-5-13(16,6-3-11)10-14-7-4-12(8-14)9-15/h11-12,15-16H,2-10H2,1H3. The predicted octanol–water partition coefficient (Wildman–Crippen LogP) is 1.24. The maximum absolute atomic E-state index is 10.5. The molecule has 0 aromatic rings. The van der Waals surface area contributed by atoms with E-state index in [-0.39, 0.29) is 0 Å². The first-order chi connectivity index (χ1) is 7.61. The Kier molecular flexibility index (Phi) is 3.88. The fourth-order valence-electron chi connectivity index (χ4n) is 3.08. The highest BCUT2D eigenvalue weighted by molar-refractivity contribution is 4.89. The summed E-state index contributed by atoms with van der Waals surface area (Å²) < 4.78 is 0. The van der Waals surface area contributed by atoms with Gasteiger partial charge in [-0.15, -0.1) is 0 Å². The average Bonchev–Trinajstić information content (AvgIpc) is 2.70. The summed E-state index contributed by atoms with van der Waals surface area (Å²) in [6, 6.07) is 0. The van der Waals surface area contributed by atoms with E-state index in [4.69, 9.17) is 5.11 Å². The van der Waals surface area contributed by atoms with Crippen molar-refractivity contribution in [1.29, 1.82) is 0 Å². The summed E-state index contributed by atoms with van der Waals surface area (Å²) in [7, 11) is 0. The van der Waals surface area contributed by atoms with Crippen molar-refractivity contribution in [3.8, 4) is 0 Å². The van der Waals surface area contributed by atoms with Gasteiger partial charge in [0.2, 0.25) is 0 Å². The van der Waals surface area contributed by atoms with Crippen molar-refractivity contribution < 1.29 is 10.2 Å². The van der Waals surface area contributed by atoms with Gasteiger partial charge in [0, 0.05) is 19.7 Å². The van der Waals surface area contributed by atoms with Crippen molar-refractivity contribution >= 4 is 0 Å². The number of aliphatic hydroxyl groups is 2. The van der Waals surface area contributed by atoms with E-state index in [1.54, 1.807) is 0 Å². The quantitative estimate of drug-likeness (QED) is 0.762. The number of aliphatic hydroxyl groups excluding tert-OH is 1.